The minimum atomic E-state index is -2.56. The highest BCUT2D eigenvalue weighted by molar-refractivity contribution is 7.14. The van der Waals surface area contributed by atoms with Gasteiger partial charge in [0.1, 0.15) is 0 Å². The fourth-order valence-electron chi connectivity index (χ4n) is 6.39. The molecular weight excluding hydrogens is 424 g/mol. The van der Waals surface area contributed by atoms with Crippen LogP contribution in [0, 0.1) is 13.8 Å². The first-order chi connectivity index (χ1) is 16.2. The van der Waals surface area contributed by atoms with Crippen LogP contribution in [-0.2, 0) is 12.8 Å². The molecule has 34 heavy (non-hydrogen) atoms. The van der Waals surface area contributed by atoms with Gasteiger partial charge in [-0.3, -0.25) is 0 Å². The van der Waals surface area contributed by atoms with Crippen LogP contribution >= 0.6 is 0 Å². The van der Waals surface area contributed by atoms with E-state index in [-0.39, 0.29) is 5.04 Å². The van der Waals surface area contributed by atoms with Gasteiger partial charge in [0.2, 0.25) is 0 Å². The molecule has 0 fully saturated rings. The molecule has 4 rings (SSSR count). The van der Waals surface area contributed by atoms with Gasteiger partial charge in [-0.1, -0.05) is 116 Å². The Hall–Kier alpha value is -2.64. The number of allylic oxidation sites excluding steroid dienone is 4. The summed E-state index contributed by atoms with van der Waals surface area (Å²) < 4.78 is 0. The Kier molecular flexibility index (Phi) is 6.62. The highest BCUT2D eigenvalue weighted by Gasteiger charge is 2.56. The molecule has 1 aliphatic carbocycles. The number of hydrogen-bond acceptors (Lipinski definition) is 0. The molecule has 0 aliphatic heterocycles. The summed E-state index contributed by atoms with van der Waals surface area (Å²) in [5, 5.41) is 4.53. The Morgan fingerprint density at radius 1 is 0.706 bits per heavy atom. The number of rotatable bonds is 6. The van der Waals surface area contributed by atoms with E-state index in [1.54, 1.807) is 10.4 Å². The molecule has 3 aromatic carbocycles. The molecule has 0 heterocycles. The lowest BCUT2D eigenvalue weighted by Gasteiger charge is -2.48. The normalized spacial score (nSPS) is 19.8. The van der Waals surface area contributed by atoms with Crippen LogP contribution in [0.15, 0.2) is 89.5 Å². The van der Waals surface area contributed by atoms with Gasteiger partial charge in [-0.15, -0.1) is 0 Å². The van der Waals surface area contributed by atoms with Crippen molar-refractivity contribution in [2.24, 2.45) is 0 Å². The third kappa shape index (κ3) is 3.66. The summed E-state index contributed by atoms with van der Waals surface area (Å²) in [7, 11) is -2.56. The zero-order chi connectivity index (χ0) is 24.7. The molecule has 2 atom stereocenters. The van der Waals surface area contributed by atoms with Crippen LogP contribution in [0.3, 0.4) is 0 Å². The highest BCUT2D eigenvalue weighted by atomic mass is 28.3. The van der Waals surface area contributed by atoms with Crippen molar-refractivity contribution in [2.45, 2.75) is 73.3 Å². The van der Waals surface area contributed by atoms with Crippen LogP contribution in [0.25, 0.3) is 0 Å². The van der Waals surface area contributed by atoms with E-state index in [0.29, 0.717) is 0 Å². The van der Waals surface area contributed by atoms with Gasteiger partial charge in [-0.2, -0.15) is 0 Å². The third-order valence-electron chi connectivity index (χ3n) is 8.51. The molecule has 176 valence electrons. The Bertz CT molecular complexity index is 1250. The van der Waals surface area contributed by atoms with Crippen LogP contribution in [0.4, 0.5) is 0 Å². The predicted molar refractivity (Wildman–Crippen MR) is 153 cm³/mol. The zero-order valence-electron chi connectivity index (χ0n) is 22.3. The average Bonchev–Trinajstić information content (AvgIpc) is 3.04. The molecule has 0 spiro atoms. The Morgan fingerprint density at radius 2 is 1.32 bits per heavy atom. The molecule has 0 nitrogen and oxygen atoms in total. The Balaban J connectivity index is 2.26. The second-order valence-corrected chi connectivity index (χ2v) is 14.7. The van der Waals surface area contributed by atoms with Crippen molar-refractivity contribution in [3.8, 4) is 0 Å². The number of benzene rings is 3. The van der Waals surface area contributed by atoms with Gasteiger partial charge in [-0.25, -0.2) is 0 Å². The molecule has 1 heteroatoms. The fraction of sp³-hybridized carbons (Fsp3) is 0.333. The zero-order valence-corrected chi connectivity index (χ0v) is 23.3. The maximum Gasteiger partial charge on any atom is 0.162 e. The van der Waals surface area contributed by atoms with Gasteiger partial charge in [0, 0.05) is 5.04 Å². The van der Waals surface area contributed by atoms with E-state index in [9.17, 15) is 0 Å². The SMILES string of the molecule is CCc1cc(CC)cc([Si](c2ccccc2)(c2ccc(C)cc2C)C2(C)C=C(C)C(C)=C2C)c1. The fourth-order valence-corrected chi connectivity index (χ4v) is 12.8. The molecule has 3 aromatic rings. The summed E-state index contributed by atoms with van der Waals surface area (Å²) in [4.78, 5) is 0. The summed E-state index contributed by atoms with van der Waals surface area (Å²) in [6.45, 7) is 18.7. The van der Waals surface area contributed by atoms with E-state index in [1.165, 1.54) is 44.2 Å². The molecule has 2 unspecified atom stereocenters. The van der Waals surface area contributed by atoms with E-state index < -0.39 is 8.07 Å². The largest absolute Gasteiger partial charge is 0.162 e. The molecule has 0 amide bonds. The minimum absolute atomic E-state index is 0.0556. The number of aryl methyl sites for hydroxylation is 4. The van der Waals surface area contributed by atoms with Crippen molar-refractivity contribution in [1.82, 2.24) is 0 Å². The summed E-state index contributed by atoms with van der Waals surface area (Å²) in [5.74, 6) is 0. The Morgan fingerprint density at radius 3 is 1.82 bits per heavy atom. The Labute approximate surface area is 208 Å². The lowest BCUT2D eigenvalue weighted by molar-refractivity contribution is 0.869. The van der Waals surface area contributed by atoms with Gasteiger partial charge in [0.05, 0.1) is 0 Å². The first-order valence-corrected chi connectivity index (χ1v) is 14.8. The molecule has 0 bridgehead atoms. The lowest BCUT2D eigenvalue weighted by Crippen LogP contribution is -2.73. The lowest BCUT2D eigenvalue weighted by atomic mass is 10.0. The summed E-state index contributed by atoms with van der Waals surface area (Å²) >= 11 is 0. The van der Waals surface area contributed by atoms with E-state index in [1.807, 2.05) is 0 Å². The topological polar surface area (TPSA) is 0 Å². The van der Waals surface area contributed by atoms with Gasteiger partial charge < -0.3 is 0 Å². The van der Waals surface area contributed by atoms with Crippen molar-refractivity contribution in [1.29, 1.82) is 0 Å². The van der Waals surface area contributed by atoms with Crippen LogP contribution in [-0.4, -0.2) is 8.07 Å². The molecule has 0 N–H and O–H groups in total. The van der Waals surface area contributed by atoms with E-state index in [0.717, 1.165) is 12.8 Å². The van der Waals surface area contributed by atoms with Crippen molar-refractivity contribution >= 4 is 23.6 Å². The van der Waals surface area contributed by atoms with Gasteiger partial charge >= 0.3 is 0 Å². The molecule has 1 aliphatic rings. The van der Waals surface area contributed by atoms with Crippen molar-refractivity contribution in [3.05, 3.63) is 112 Å². The molecular formula is C33H40Si. The van der Waals surface area contributed by atoms with Crippen molar-refractivity contribution in [2.75, 3.05) is 0 Å². The minimum Gasteiger partial charge on any atom is -0.0730 e. The van der Waals surface area contributed by atoms with Gasteiger partial charge in [0.25, 0.3) is 0 Å². The van der Waals surface area contributed by atoms with Crippen LogP contribution in [0.1, 0.15) is 63.8 Å². The van der Waals surface area contributed by atoms with E-state index in [4.69, 9.17) is 0 Å². The second kappa shape index (κ2) is 9.19. The first-order valence-electron chi connectivity index (χ1n) is 12.8. The van der Waals surface area contributed by atoms with E-state index in [2.05, 4.69) is 128 Å². The maximum absolute atomic E-state index is 2.61. The first kappa shape index (κ1) is 24.5. The highest BCUT2D eigenvalue weighted by Crippen LogP contribution is 2.53. The maximum atomic E-state index is 2.61. The molecule has 0 saturated carbocycles. The molecule has 0 radical (unpaired) electrons. The van der Waals surface area contributed by atoms with Crippen molar-refractivity contribution < 1.29 is 0 Å². The predicted octanol–water partition coefficient (Wildman–Crippen LogP) is 6.96. The van der Waals surface area contributed by atoms with Crippen LogP contribution in [0.5, 0.6) is 0 Å². The second-order valence-electron chi connectivity index (χ2n) is 10.5. The van der Waals surface area contributed by atoms with Gasteiger partial charge in [-0.05, 0) is 79.7 Å². The van der Waals surface area contributed by atoms with Crippen LogP contribution in [0.2, 0.25) is 5.04 Å². The van der Waals surface area contributed by atoms with Crippen LogP contribution < -0.4 is 15.6 Å². The smallest absolute Gasteiger partial charge is 0.0730 e. The van der Waals surface area contributed by atoms with E-state index >= 15 is 0 Å². The van der Waals surface area contributed by atoms with Crippen molar-refractivity contribution in [3.63, 3.8) is 0 Å². The monoisotopic (exact) mass is 464 g/mol. The standard InChI is InChI=1S/C33H40Si/c1-9-28-19-29(10-2)21-31(20-28)34(30-14-12-11-13-15-30,32-17-16-23(3)18-24(32)4)33(8)22-25(5)26(6)27(33)7/h11-22H,9-10H2,1-8H3. The number of hydrogen-bond donors (Lipinski definition) is 0. The van der Waals surface area contributed by atoms with Gasteiger partial charge in [0.15, 0.2) is 8.07 Å². The summed E-state index contributed by atoms with van der Waals surface area (Å²) in [6, 6.07) is 26.2. The summed E-state index contributed by atoms with van der Waals surface area (Å²) in [6.07, 6.45) is 4.74. The third-order valence-corrected chi connectivity index (χ3v) is 14.3. The molecule has 0 aromatic heterocycles. The quantitative estimate of drug-likeness (QED) is 0.273. The molecule has 0 saturated heterocycles. The summed E-state index contributed by atoms with van der Waals surface area (Å²) in [5.41, 5.74) is 10.1. The average molecular weight is 465 g/mol.